The van der Waals surface area contributed by atoms with Crippen LogP contribution >= 0.6 is 0 Å². The predicted molar refractivity (Wildman–Crippen MR) is 16.1 cm³/mol. The minimum atomic E-state index is 0.700. The molecule has 0 rings (SSSR count). The second-order valence-electron chi connectivity index (χ2n) is 0. The monoisotopic (exact) mass is 292 g/mol. The van der Waals surface area contributed by atoms with E-state index in [4.69, 9.17) is 6.80 Å². The van der Waals surface area contributed by atoms with E-state index in [1.54, 1.807) is 0 Å². The van der Waals surface area contributed by atoms with E-state index in [9.17, 15) is 0 Å². The Morgan fingerprint density at radius 1 is 0.833 bits per heavy atom. The van der Waals surface area contributed by atoms with E-state index in [0.29, 0.717) is 39.6 Å². The molecule has 0 bridgehead atoms. The zero-order valence-corrected chi connectivity index (χ0v) is 8.10. The van der Waals surface area contributed by atoms with Crippen molar-refractivity contribution in [1.29, 1.82) is 0 Å². The largest absolute Gasteiger partial charge is 1.00 e. The summed E-state index contributed by atoms with van der Waals surface area (Å²) in [5.74, 6) is 0. The quantitative estimate of drug-likeness (QED) is 0.350. The average Bonchev–Trinajstić information content (AvgIpc) is 1.81. The van der Waals surface area contributed by atoms with E-state index >= 15 is 0 Å². The van der Waals surface area contributed by atoms with Crippen LogP contribution in [0.1, 0.15) is 0 Å². The molecule has 0 aromatic carbocycles. The normalized spacial score (nSPS) is 2.33. The molecule has 0 aliphatic carbocycles. The van der Waals surface area contributed by atoms with E-state index in [1.165, 1.54) is 0 Å². The molecule has 0 aromatic heterocycles. The Morgan fingerprint density at radius 3 is 0.833 bits per heavy atom. The summed E-state index contributed by atoms with van der Waals surface area (Å²) >= 11 is 8.73. The van der Waals surface area contributed by atoms with E-state index in [0.717, 1.165) is 0 Å². The first-order valence-corrected chi connectivity index (χ1v) is 3.47. The third-order valence-electron chi connectivity index (χ3n) is 0. The third kappa shape index (κ3) is 44.2. The Morgan fingerprint density at radius 2 is 0.833 bits per heavy atom. The van der Waals surface area contributed by atoms with Crippen molar-refractivity contribution in [2.24, 2.45) is 0 Å². The fraction of sp³-hybridized carbons (Fsp3) is 0. The summed E-state index contributed by atoms with van der Waals surface area (Å²) in [6.45, 7) is 0. The number of hydrogen-bond donors (Lipinski definition) is 0. The van der Waals surface area contributed by atoms with E-state index in [1.807, 2.05) is 0 Å². The van der Waals surface area contributed by atoms with Crippen LogP contribution in [-0.2, 0) is 69.7 Å². The summed E-state index contributed by atoms with van der Waals surface area (Å²) in [4.78, 5) is 0. The molecule has 0 saturated heterocycles. The summed E-state index contributed by atoms with van der Waals surface area (Å²) in [7, 11) is 0. The Kier molecular flexibility index (Phi) is 200. The zero-order chi connectivity index (χ0) is 6.00. The van der Waals surface area contributed by atoms with Gasteiger partial charge in [-0.3, -0.25) is 0 Å². The van der Waals surface area contributed by atoms with Crippen LogP contribution < -0.4 is 0 Å². The topological polar surface area (TPSA) is 34.1 Å². The first-order valence-electron chi connectivity index (χ1n) is 0.500. The summed E-state index contributed by atoms with van der Waals surface area (Å²) in [5, 5.41) is 0. The molecule has 0 fully saturated rings. The van der Waals surface area contributed by atoms with Gasteiger partial charge in [-0.15, -0.1) is 0 Å². The molecule has 0 spiro atoms. The van der Waals surface area contributed by atoms with Gasteiger partial charge in [0.05, 0.1) is 0 Å². The third-order valence-corrected chi connectivity index (χ3v) is 0. The van der Waals surface area contributed by atoms with Crippen LogP contribution in [-0.4, -0.2) is 0 Å². The molecule has 0 heterocycles. The van der Waals surface area contributed by atoms with Crippen molar-refractivity contribution in [2.45, 2.75) is 0 Å². The van der Waals surface area contributed by atoms with Gasteiger partial charge in [-0.25, -0.2) is 0 Å². The Hall–Kier alpha value is 1.68. The van der Waals surface area contributed by atoms with Crippen molar-refractivity contribution in [3.05, 3.63) is 0 Å². The van der Waals surface area contributed by atoms with Crippen molar-refractivity contribution in [3.63, 3.8) is 0 Å². The first kappa shape index (κ1) is 15.6. The van der Waals surface area contributed by atoms with Crippen LogP contribution in [0.2, 0.25) is 0 Å². The van der Waals surface area contributed by atoms with E-state index in [2.05, 4.69) is 23.3 Å². The molecule has 0 unspecified atom stereocenters. The summed E-state index contributed by atoms with van der Waals surface area (Å²) in [6, 6.07) is 0. The molecule has 0 N–H and O–H groups in total. The minimum Gasteiger partial charge on any atom is -1.00 e. The van der Waals surface area contributed by atoms with Crippen molar-refractivity contribution in [1.82, 2.24) is 0 Å². The molecule has 0 aliphatic rings. The molecule has 6 heteroatoms. The van der Waals surface area contributed by atoms with Gasteiger partial charge in [0.2, 0.25) is 0 Å². The molecule has 0 saturated carbocycles. The van der Waals surface area contributed by atoms with Gasteiger partial charge in [0.15, 0.2) is 0 Å². The standard InChI is InChI=1S/2Mo.2O.S2/c;;;;1-2/q;;;;-2. The molecule has 0 radical (unpaired) electrons. The zero-order valence-electron chi connectivity index (χ0n) is 2.45. The van der Waals surface area contributed by atoms with Gasteiger partial charge in [0.25, 0.3) is 0 Å². The number of hydrogen-bond acceptors (Lipinski definition) is 4. The summed E-state index contributed by atoms with van der Waals surface area (Å²) in [6.07, 6.45) is 0. The Balaban J connectivity index is -0.0000000225. The van der Waals surface area contributed by atoms with E-state index in [-0.39, 0.29) is 0 Å². The smallest absolute Gasteiger partial charge is 1.00 e. The van der Waals surface area contributed by atoms with Crippen LogP contribution in [0, 0.1) is 0 Å². The summed E-state index contributed by atoms with van der Waals surface area (Å²) in [5.41, 5.74) is 0. The van der Waals surface area contributed by atoms with Gasteiger partial charge in [0.1, 0.15) is 0 Å². The Labute approximate surface area is 69.1 Å². The van der Waals surface area contributed by atoms with Gasteiger partial charge >= 0.3 is 46.3 Å². The van der Waals surface area contributed by atoms with Crippen LogP contribution in [0.25, 0.3) is 0 Å². The van der Waals surface area contributed by atoms with Crippen molar-refractivity contribution >= 4 is 23.3 Å². The molecule has 38 valence electrons. The minimum absolute atomic E-state index is 0.700. The second kappa shape index (κ2) is 76.5. The van der Waals surface area contributed by atoms with Gasteiger partial charge in [-0.2, -0.15) is 0 Å². The van der Waals surface area contributed by atoms with Crippen molar-refractivity contribution in [3.8, 4) is 0 Å². The molecule has 0 atom stereocenters. The first-order chi connectivity index (χ1) is 3.00. The van der Waals surface area contributed by atoms with Crippen LogP contribution in [0.5, 0.6) is 0 Å². The average molecular weight is 288 g/mol. The second-order valence-corrected chi connectivity index (χ2v) is 0. The van der Waals surface area contributed by atoms with Crippen LogP contribution in [0.15, 0.2) is 0 Å². The summed E-state index contributed by atoms with van der Waals surface area (Å²) < 4.78 is 16.5. The predicted octanol–water partition coefficient (Wildman–Crippen LogP) is -0.247. The van der Waals surface area contributed by atoms with Crippen molar-refractivity contribution in [2.75, 3.05) is 0 Å². The van der Waals surface area contributed by atoms with Gasteiger partial charge < -0.3 is 23.3 Å². The van der Waals surface area contributed by atoms with Crippen molar-refractivity contribution < 1.29 is 46.3 Å². The van der Waals surface area contributed by atoms with E-state index < -0.39 is 0 Å². The molecule has 0 aromatic rings. The molecule has 0 aliphatic heterocycles. The van der Waals surface area contributed by atoms with Crippen LogP contribution in [0.3, 0.4) is 0 Å². The van der Waals surface area contributed by atoms with Gasteiger partial charge in [0, 0.05) is 0 Å². The molecular formula is Mo2O2S2-2. The van der Waals surface area contributed by atoms with Gasteiger partial charge in [-0.1, -0.05) is 0 Å². The van der Waals surface area contributed by atoms with Gasteiger partial charge in [-0.05, 0) is 0 Å². The maximum Gasteiger partial charge on any atom is -1.00 e. The fourth-order valence-corrected chi connectivity index (χ4v) is 0. The maximum atomic E-state index is 8.26. The molecule has 2 nitrogen and oxygen atoms in total. The van der Waals surface area contributed by atoms with Crippen LogP contribution in [0.4, 0.5) is 0 Å². The SMILES string of the molecule is [O]=[Mo].[O]=[Mo].[S-][S-]. The molecule has 6 heavy (non-hydrogen) atoms. The fourth-order valence-electron chi connectivity index (χ4n) is 0. The Bertz CT molecular complexity index is 11.5. The maximum absolute atomic E-state index is 8.26. The number of rotatable bonds is 0. The molecule has 0 amide bonds. The molecular weight excluding hydrogens is 288 g/mol.